The molecule has 1 amide bonds. The highest BCUT2D eigenvalue weighted by Gasteiger charge is 2.38. The summed E-state index contributed by atoms with van der Waals surface area (Å²) in [5.74, 6) is -0.786. The molecule has 9 nitrogen and oxygen atoms in total. The fourth-order valence-corrected chi connectivity index (χ4v) is 5.38. The lowest BCUT2D eigenvalue weighted by Crippen LogP contribution is -2.39. The first-order chi connectivity index (χ1) is 18.8. The molecule has 3 aromatic rings. The molecule has 1 fully saturated rings. The molecule has 1 aliphatic heterocycles. The van der Waals surface area contributed by atoms with E-state index >= 15 is 0 Å². The quantitative estimate of drug-likeness (QED) is 0.186. The Kier molecular flexibility index (Phi) is 9.94. The number of hydrogen-bond acceptors (Lipinski definition) is 7. The lowest BCUT2D eigenvalue weighted by Gasteiger charge is -2.41. The lowest BCUT2D eigenvalue weighted by molar-refractivity contribution is -0.645. The Hall–Kier alpha value is -3.44. The van der Waals surface area contributed by atoms with E-state index in [9.17, 15) is 19.9 Å². The molecule has 39 heavy (non-hydrogen) atoms. The van der Waals surface area contributed by atoms with Crippen molar-refractivity contribution in [3.8, 4) is 0 Å². The van der Waals surface area contributed by atoms with Crippen LogP contribution in [-0.4, -0.2) is 33.9 Å². The fourth-order valence-electron chi connectivity index (χ4n) is 4.30. The molecule has 0 aliphatic carbocycles. The Morgan fingerprint density at radius 2 is 1.67 bits per heavy atom. The summed E-state index contributed by atoms with van der Waals surface area (Å²) in [4.78, 5) is 22.5. The molecule has 4 atom stereocenters. The van der Waals surface area contributed by atoms with Gasteiger partial charge in [-0.05, 0) is 22.8 Å². The van der Waals surface area contributed by atoms with Crippen molar-refractivity contribution in [2.75, 3.05) is 5.75 Å². The van der Waals surface area contributed by atoms with Crippen LogP contribution in [0.3, 0.4) is 0 Å². The van der Waals surface area contributed by atoms with Crippen molar-refractivity contribution in [2.45, 2.75) is 56.4 Å². The highest BCUT2D eigenvalue weighted by atomic mass is 32.2. The Bertz CT molecular complexity index is 1250. The van der Waals surface area contributed by atoms with Gasteiger partial charge in [0, 0.05) is 42.3 Å². The van der Waals surface area contributed by atoms with Crippen molar-refractivity contribution < 1.29 is 34.0 Å². The van der Waals surface area contributed by atoms with Crippen molar-refractivity contribution in [3.63, 3.8) is 0 Å². The molecule has 4 rings (SSSR count). The second-order valence-electron chi connectivity index (χ2n) is 9.41. The highest BCUT2D eigenvalue weighted by molar-refractivity contribution is 7.99. The fraction of sp³-hybridized carbons (Fsp3) is 0.345. The van der Waals surface area contributed by atoms with Crippen molar-refractivity contribution >= 4 is 23.6 Å². The van der Waals surface area contributed by atoms with E-state index in [0.717, 1.165) is 27.0 Å². The molecule has 4 unspecified atom stereocenters. The number of ether oxygens (including phenoxy) is 2. The van der Waals surface area contributed by atoms with E-state index in [-0.39, 0.29) is 50.0 Å². The normalized spacial score (nSPS) is 20.9. The number of benzene rings is 2. The number of pyridine rings is 1. The Balaban J connectivity index is 1.48. The van der Waals surface area contributed by atoms with Crippen LogP contribution in [0.4, 0.5) is 0 Å². The third kappa shape index (κ3) is 7.79. The maximum absolute atomic E-state index is 12.2. The molecule has 0 bridgehead atoms. The maximum Gasteiger partial charge on any atom is 0.303 e. The van der Waals surface area contributed by atoms with E-state index in [1.807, 2.05) is 54.6 Å². The molecular formula is C29H32N2O7S. The highest BCUT2D eigenvalue weighted by Crippen LogP contribution is 2.42. The zero-order valence-corrected chi connectivity index (χ0v) is 22.4. The molecule has 1 saturated heterocycles. The molecule has 2 heterocycles. The summed E-state index contributed by atoms with van der Waals surface area (Å²) in [6.45, 7) is 2.32. The summed E-state index contributed by atoms with van der Waals surface area (Å²) in [6.07, 6.45) is 0.0622. The van der Waals surface area contributed by atoms with Gasteiger partial charge in [0.1, 0.15) is 0 Å². The number of aliphatic hydroxyl groups is 1. The van der Waals surface area contributed by atoms with Crippen LogP contribution in [-0.2, 0) is 32.2 Å². The zero-order chi connectivity index (χ0) is 27.8. The number of aromatic nitrogens is 1. The van der Waals surface area contributed by atoms with Gasteiger partial charge in [-0.3, -0.25) is 9.59 Å². The summed E-state index contributed by atoms with van der Waals surface area (Å²) in [7, 11) is 0. The standard InChI is InChI=1S/C29H32N2O7S/c1-19-24(18-39-26-4-2-3-15-31(26)36)37-29(38-28(19)22-9-7-21(17-32)8-10-22)23-11-5-20(6-12-23)16-30-25(33)13-14-27(34)35/h2-12,15,19,24,28-29,32H,13-14,16-18H2,1H3,(H,30,33)(H,34,35). The van der Waals surface area contributed by atoms with Crippen LogP contribution < -0.4 is 10.0 Å². The second-order valence-corrected chi connectivity index (χ2v) is 10.4. The number of nitrogens with zero attached hydrogens (tertiary/aromatic N) is 1. The van der Waals surface area contributed by atoms with E-state index in [4.69, 9.17) is 14.6 Å². The summed E-state index contributed by atoms with van der Waals surface area (Å²) in [5.41, 5.74) is 3.46. The number of carbonyl (C=O) groups is 2. The summed E-state index contributed by atoms with van der Waals surface area (Å²) < 4.78 is 13.7. The first-order valence-corrected chi connectivity index (χ1v) is 13.7. The van der Waals surface area contributed by atoms with Crippen molar-refractivity contribution in [1.82, 2.24) is 5.32 Å². The van der Waals surface area contributed by atoms with Crippen LogP contribution in [0.15, 0.2) is 78.0 Å². The van der Waals surface area contributed by atoms with Crippen molar-refractivity contribution in [1.29, 1.82) is 0 Å². The number of aliphatic hydroxyl groups excluding tert-OH is 1. The predicted molar refractivity (Wildman–Crippen MR) is 144 cm³/mol. The van der Waals surface area contributed by atoms with Crippen LogP contribution in [0.5, 0.6) is 0 Å². The van der Waals surface area contributed by atoms with Crippen molar-refractivity contribution in [2.24, 2.45) is 5.92 Å². The molecule has 0 spiro atoms. The minimum absolute atomic E-state index is 0.0159. The molecule has 10 heteroatoms. The topological polar surface area (TPSA) is 132 Å². The minimum Gasteiger partial charge on any atom is -0.618 e. The van der Waals surface area contributed by atoms with Crippen LogP contribution in [0, 0.1) is 11.1 Å². The van der Waals surface area contributed by atoms with E-state index < -0.39 is 12.3 Å². The van der Waals surface area contributed by atoms with E-state index in [0.29, 0.717) is 10.8 Å². The largest absolute Gasteiger partial charge is 0.618 e. The molecule has 206 valence electrons. The van der Waals surface area contributed by atoms with Gasteiger partial charge in [0.2, 0.25) is 5.91 Å². The number of carboxylic acids is 1. The Morgan fingerprint density at radius 3 is 2.33 bits per heavy atom. The maximum atomic E-state index is 12.2. The van der Waals surface area contributed by atoms with E-state index in [2.05, 4.69) is 12.2 Å². The number of rotatable bonds is 11. The number of amides is 1. The van der Waals surface area contributed by atoms with E-state index in [1.165, 1.54) is 18.0 Å². The third-order valence-electron chi connectivity index (χ3n) is 6.61. The molecule has 2 aromatic carbocycles. The number of thioether (sulfide) groups is 1. The smallest absolute Gasteiger partial charge is 0.303 e. The molecule has 1 aromatic heterocycles. The van der Waals surface area contributed by atoms with Gasteiger partial charge >= 0.3 is 5.97 Å². The van der Waals surface area contributed by atoms with Gasteiger partial charge in [0.25, 0.3) is 5.03 Å². The zero-order valence-electron chi connectivity index (χ0n) is 21.6. The van der Waals surface area contributed by atoms with Crippen LogP contribution in [0.1, 0.15) is 54.4 Å². The predicted octanol–water partition coefficient (Wildman–Crippen LogP) is 3.88. The third-order valence-corrected chi connectivity index (χ3v) is 7.72. The number of hydrogen-bond donors (Lipinski definition) is 3. The van der Waals surface area contributed by atoms with Gasteiger partial charge < -0.3 is 30.2 Å². The van der Waals surface area contributed by atoms with Gasteiger partial charge in [-0.1, -0.05) is 67.2 Å². The monoisotopic (exact) mass is 552 g/mol. The molecular weight excluding hydrogens is 520 g/mol. The van der Waals surface area contributed by atoms with Gasteiger partial charge in [0.05, 0.1) is 25.2 Å². The Labute approximate surface area is 231 Å². The minimum atomic E-state index is -1.01. The SMILES string of the molecule is CC1C(CSc2cccc[n+]2[O-])OC(c2ccc(CNC(=O)CCC(=O)O)cc2)OC1c1ccc(CO)cc1. The lowest BCUT2D eigenvalue weighted by atomic mass is 9.91. The molecule has 3 N–H and O–H groups in total. The number of carboxylic acid groups (broad SMARTS) is 1. The average molecular weight is 553 g/mol. The van der Waals surface area contributed by atoms with Gasteiger partial charge in [0.15, 0.2) is 12.5 Å². The molecule has 0 saturated carbocycles. The van der Waals surface area contributed by atoms with Gasteiger partial charge in [-0.25, -0.2) is 0 Å². The molecule has 1 aliphatic rings. The average Bonchev–Trinajstić information content (AvgIpc) is 2.95. The number of carbonyl (C=O) groups excluding carboxylic acids is 1. The van der Waals surface area contributed by atoms with E-state index in [1.54, 1.807) is 12.1 Å². The van der Waals surface area contributed by atoms with Gasteiger partial charge in [-0.15, -0.1) is 0 Å². The van der Waals surface area contributed by atoms with Crippen molar-refractivity contribution in [3.05, 3.63) is 100 Å². The summed E-state index contributed by atoms with van der Waals surface area (Å²) in [6, 6.07) is 20.5. The first kappa shape index (κ1) is 28.6. The van der Waals surface area contributed by atoms with Gasteiger partial charge in [-0.2, -0.15) is 4.73 Å². The summed E-state index contributed by atoms with van der Waals surface area (Å²) in [5, 5.41) is 33.6. The van der Waals surface area contributed by atoms with Crippen LogP contribution in [0.25, 0.3) is 0 Å². The Morgan fingerprint density at radius 1 is 0.974 bits per heavy atom. The molecule has 0 radical (unpaired) electrons. The summed E-state index contributed by atoms with van der Waals surface area (Å²) >= 11 is 1.44. The van der Waals surface area contributed by atoms with Crippen LogP contribution >= 0.6 is 11.8 Å². The first-order valence-electron chi connectivity index (χ1n) is 12.7. The number of aliphatic carboxylic acids is 1. The number of nitrogens with one attached hydrogen (secondary N) is 1. The second kappa shape index (κ2) is 13.6. The van der Waals surface area contributed by atoms with Crippen LogP contribution in [0.2, 0.25) is 0 Å².